The zero-order valence-electron chi connectivity index (χ0n) is 12.0. The molecule has 3 N–H and O–H groups in total. The number of aromatic amines is 2. The number of sulfone groups is 1. The number of fused-ring (bicyclic) bond motifs is 1. The van der Waals surface area contributed by atoms with Gasteiger partial charge in [0.15, 0.2) is 14.6 Å². The molecule has 0 atom stereocenters. The van der Waals surface area contributed by atoms with Gasteiger partial charge in [-0.1, -0.05) is 11.3 Å². The number of benzene rings is 1. The number of hydrogen-bond donors (Lipinski definition) is 3. The van der Waals surface area contributed by atoms with Crippen LogP contribution in [0.15, 0.2) is 38.1 Å². The Morgan fingerprint density at radius 3 is 2.71 bits per heavy atom. The lowest BCUT2D eigenvalue weighted by Crippen LogP contribution is -2.06. The average molecular weight is 383 g/mol. The molecule has 24 heavy (non-hydrogen) atoms. The van der Waals surface area contributed by atoms with Crippen molar-refractivity contribution in [1.82, 2.24) is 15.0 Å². The summed E-state index contributed by atoms with van der Waals surface area (Å²) in [5.74, 6) is -0.507. The average Bonchev–Trinajstić information content (AvgIpc) is 2.86. The Hall–Kier alpha value is -2.44. The molecule has 2 aromatic heterocycles. The van der Waals surface area contributed by atoms with Gasteiger partial charge in [-0.15, -0.1) is 10.2 Å². The van der Waals surface area contributed by atoms with Crippen LogP contribution >= 0.6 is 23.6 Å². The van der Waals surface area contributed by atoms with E-state index in [0.29, 0.717) is 10.2 Å². The first-order chi connectivity index (χ1) is 11.2. The SMILES string of the molecule is CS(=O)(=O)c1ccc2nc(N=Nc3c(O)[nH]c(=S)[nH]c3=O)sc2c1. The molecule has 0 bridgehead atoms. The summed E-state index contributed by atoms with van der Waals surface area (Å²) in [5, 5.41) is 17.3. The van der Waals surface area contributed by atoms with Crippen molar-refractivity contribution in [3.05, 3.63) is 33.3 Å². The minimum atomic E-state index is -3.32. The number of nitrogens with zero attached hydrogens (tertiary/aromatic N) is 3. The Morgan fingerprint density at radius 2 is 2.04 bits per heavy atom. The van der Waals surface area contributed by atoms with Crippen molar-refractivity contribution in [3.8, 4) is 5.88 Å². The normalized spacial score (nSPS) is 12.2. The van der Waals surface area contributed by atoms with Crippen LogP contribution in [0.1, 0.15) is 0 Å². The van der Waals surface area contributed by atoms with E-state index >= 15 is 0 Å². The number of H-pyrrole nitrogens is 2. The number of hydrogen-bond acceptors (Lipinski definition) is 9. The number of azo groups is 1. The Kier molecular flexibility index (Phi) is 4.03. The van der Waals surface area contributed by atoms with Crippen molar-refractivity contribution in [2.75, 3.05) is 6.26 Å². The van der Waals surface area contributed by atoms with Crippen LogP contribution in [0.3, 0.4) is 0 Å². The minimum absolute atomic E-state index is 0.0373. The van der Waals surface area contributed by atoms with Gasteiger partial charge in [0.25, 0.3) is 5.56 Å². The molecule has 0 aliphatic heterocycles. The molecule has 9 nitrogen and oxygen atoms in total. The van der Waals surface area contributed by atoms with Gasteiger partial charge in [-0.25, -0.2) is 13.4 Å². The smallest absolute Gasteiger partial charge is 0.283 e. The number of aromatic hydroxyl groups is 1. The summed E-state index contributed by atoms with van der Waals surface area (Å²) in [6.07, 6.45) is 1.12. The third kappa shape index (κ3) is 3.25. The van der Waals surface area contributed by atoms with Crippen LogP contribution in [-0.4, -0.2) is 34.7 Å². The summed E-state index contributed by atoms with van der Waals surface area (Å²) in [6.45, 7) is 0. The maximum absolute atomic E-state index is 11.7. The van der Waals surface area contributed by atoms with E-state index in [4.69, 9.17) is 12.2 Å². The van der Waals surface area contributed by atoms with E-state index in [-0.39, 0.29) is 20.5 Å². The zero-order valence-corrected chi connectivity index (χ0v) is 14.4. The standard InChI is InChI=1S/C12H9N5O4S3/c1-24(20,21)5-2-3-6-7(4-5)23-12(13-6)17-16-8-9(18)14-11(22)15-10(8)19/h2-4H,1H3,(H3,14,15,18,19,22). The largest absolute Gasteiger partial charge is 0.493 e. The molecular weight excluding hydrogens is 374 g/mol. The number of thiazole rings is 1. The van der Waals surface area contributed by atoms with Crippen LogP contribution in [0.4, 0.5) is 10.8 Å². The molecule has 12 heteroatoms. The quantitative estimate of drug-likeness (QED) is 0.469. The summed E-state index contributed by atoms with van der Waals surface area (Å²) < 4.78 is 23.7. The number of nitrogens with one attached hydrogen (secondary N) is 2. The number of aromatic nitrogens is 3. The molecule has 0 unspecified atom stereocenters. The van der Waals surface area contributed by atoms with E-state index in [1.807, 2.05) is 0 Å². The van der Waals surface area contributed by atoms with Gasteiger partial charge >= 0.3 is 0 Å². The third-order valence-corrected chi connectivity index (χ3v) is 5.13. The van der Waals surface area contributed by atoms with Gasteiger partial charge in [-0.3, -0.25) is 9.78 Å². The third-order valence-electron chi connectivity index (χ3n) is 2.91. The fraction of sp³-hybridized carbons (Fsp3) is 0.0833. The van der Waals surface area contributed by atoms with Crippen molar-refractivity contribution in [1.29, 1.82) is 0 Å². The summed E-state index contributed by atoms with van der Waals surface area (Å²) in [5.41, 5.74) is -0.480. The highest BCUT2D eigenvalue weighted by molar-refractivity contribution is 7.90. The molecular formula is C12H9N5O4S3. The van der Waals surface area contributed by atoms with Gasteiger partial charge in [0.05, 0.1) is 15.1 Å². The molecule has 3 rings (SSSR count). The second-order valence-electron chi connectivity index (χ2n) is 4.70. The van der Waals surface area contributed by atoms with Crippen molar-refractivity contribution in [2.45, 2.75) is 4.90 Å². The first-order valence-corrected chi connectivity index (χ1v) is 9.43. The van der Waals surface area contributed by atoms with E-state index < -0.39 is 21.3 Å². The second kappa shape index (κ2) is 5.89. The summed E-state index contributed by atoms with van der Waals surface area (Å²) >= 11 is 5.81. The summed E-state index contributed by atoms with van der Waals surface area (Å²) in [6, 6.07) is 4.50. The van der Waals surface area contributed by atoms with E-state index in [2.05, 4.69) is 25.2 Å². The Balaban J connectivity index is 2.02. The van der Waals surface area contributed by atoms with Crippen LogP contribution in [-0.2, 0) is 9.84 Å². The molecule has 0 radical (unpaired) electrons. The molecule has 2 heterocycles. The van der Waals surface area contributed by atoms with Gasteiger partial charge in [-0.05, 0) is 30.4 Å². The molecule has 0 spiro atoms. The molecule has 0 saturated heterocycles. The van der Waals surface area contributed by atoms with Crippen molar-refractivity contribution >= 4 is 54.4 Å². The highest BCUT2D eigenvalue weighted by Gasteiger charge is 2.11. The van der Waals surface area contributed by atoms with Crippen LogP contribution in [0.25, 0.3) is 10.2 Å². The minimum Gasteiger partial charge on any atom is -0.493 e. The van der Waals surface area contributed by atoms with Crippen molar-refractivity contribution in [3.63, 3.8) is 0 Å². The molecule has 0 aliphatic carbocycles. The fourth-order valence-electron chi connectivity index (χ4n) is 1.82. The first kappa shape index (κ1) is 16.4. The Morgan fingerprint density at radius 1 is 1.29 bits per heavy atom. The Labute approximate surface area is 143 Å². The van der Waals surface area contributed by atoms with Crippen LogP contribution in [0.2, 0.25) is 0 Å². The number of rotatable bonds is 3. The van der Waals surface area contributed by atoms with Gasteiger partial charge in [-0.2, -0.15) is 0 Å². The van der Waals surface area contributed by atoms with Crippen LogP contribution in [0, 0.1) is 4.77 Å². The topological polar surface area (TPSA) is 141 Å². The van der Waals surface area contributed by atoms with Crippen molar-refractivity contribution < 1.29 is 13.5 Å². The van der Waals surface area contributed by atoms with Crippen molar-refractivity contribution in [2.24, 2.45) is 10.2 Å². The molecule has 1 aromatic carbocycles. The van der Waals surface area contributed by atoms with Gasteiger partial charge in [0.1, 0.15) is 0 Å². The van der Waals surface area contributed by atoms with Gasteiger partial charge < -0.3 is 10.1 Å². The first-order valence-electron chi connectivity index (χ1n) is 6.32. The summed E-state index contributed by atoms with van der Waals surface area (Å²) in [7, 11) is -3.32. The lowest BCUT2D eigenvalue weighted by molar-refractivity contribution is 0.451. The molecule has 0 amide bonds. The predicted molar refractivity (Wildman–Crippen MR) is 90.8 cm³/mol. The molecule has 3 aromatic rings. The highest BCUT2D eigenvalue weighted by Crippen LogP contribution is 2.31. The Bertz CT molecular complexity index is 1190. The van der Waals surface area contributed by atoms with Gasteiger partial charge in [0.2, 0.25) is 16.7 Å². The molecule has 0 fully saturated rings. The summed E-state index contributed by atoms with van der Waals surface area (Å²) in [4.78, 5) is 20.6. The highest BCUT2D eigenvalue weighted by atomic mass is 32.2. The van der Waals surface area contributed by atoms with E-state index in [1.54, 1.807) is 6.07 Å². The lowest BCUT2D eigenvalue weighted by Gasteiger charge is -1.96. The molecule has 124 valence electrons. The van der Waals surface area contributed by atoms with E-state index in [9.17, 15) is 18.3 Å². The predicted octanol–water partition coefficient (Wildman–Crippen LogP) is 2.57. The maximum Gasteiger partial charge on any atom is 0.283 e. The van der Waals surface area contributed by atoms with E-state index in [0.717, 1.165) is 17.6 Å². The van der Waals surface area contributed by atoms with Crippen LogP contribution < -0.4 is 5.56 Å². The van der Waals surface area contributed by atoms with Crippen LogP contribution in [0.5, 0.6) is 5.88 Å². The zero-order chi connectivity index (χ0) is 17.5. The molecule has 0 aliphatic rings. The second-order valence-corrected chi connectivity index (χ2v) is 8.14. The fourth-order valence-corrected chi connectivity index (χ4v) is 3.56. The van der Waals surface area contributed by atoms with Gasteiger partial charge in [0, 0.05) is 6.26 Å². The monoisotopic (exact) mass is 383 g/mol. The van der Waals surface area contributed by atoms with E-state index in [1.165, 1.54) is 12.1 Å². The maximum atomic E-state index is 11.7. The molecule has 0 saturated carbocycles. The lowest BCUT2D eigenvalue weighted by atomic mass is 10.3.